The zero-order valence-electron chi connectivity index (χ0n) is 22.4. The lowest BCUT2D eigenvalue weighted by Crippen LogP contribution is -2.49. The molecule has 3 fully saturated rings. The number of rotatable bonds is 5. The van der Waals surface area contributed by atoms with Crippen LogP contribution >= 0.6 is 7.92 Å². The molecule has 1 saturated carbocycles. The van der Waals surface area contributed by atoms with Crippen LogP contribution in [0.1, 0.15) is 120 Å². The summed E-state index contributed by atoms with van der Waals surface area (Å²) in [6, 6.07) is 0. The zero-order valence-corrected chi connectivity index (χ0v) is 23.3. The molecule has 3 heteroatoms. The third kappa shape index (κ3) is 6.92. The lowest BCUT2D eigenvalue weighted by atomic mass is 9.76. The molecule has 3 aliphatic rings. The minimum atomic E-state index is 0.0808. The maximum Gasteiger partial charge on any atom is 0.0750 e. The molecule has 0 spiro atoms. The topological polar surface area (TPSA) is 29.5 Å². The summed E-state index contributed by atoms with van der Waals surface area (Å²) in [5.74, 6) is 2.52. The van der Waals surface area contributed by atoms with E-state index in [1.165, 1.54) is 63.9 Å². The molecular weight excluding hydrogens is 387 g/mol. The largest absolute Gasteiger partial charge is 0.400 e. The molecule has 182 valence electrons. The van der Waals surface area contributed by atoms with Gasteiger partial charge in [0.25, 0.3) is 0 Å². The van der Waals surface area contributed by atoms with Gasteiger partial charge in [0.1, 0.15) is 0 Å². The molecule has 7 atom stereocenters. The van der Waals surface area contributed by atoms with Crippen LogP contribution in [-0.4, -0.2) is 41.4 Å². The highest BCUT2D eigenvalue weighted by atomic mass is 31.1. The number of aliphatic hydroxyl groups excluding tert-OH is 1. The molecule has 0 aromatic carbocycles. The van der Waals surface area contributed by atoms with E-state index < -0.39 is 0 Å². The van der Waals surface area contributed by atoms with Gasteiger partial charge in [0.2, 0.25) is 0 Å². The summed E-state index contributed by atoms with van der Waals surface area (Å²) in [6.45, 7) is 21.6. The first-order chi connectivity index (χ1) is 14.4. The van der Waals surface area contributed by atoms with Crippen LogP contribution < -0.4 is 0 Å². The first-order valence-electron chi connectivity index (χ1n) is 13.3. The van der Waals surface area contributed by atoms with E-state index in [4.69, 9.17) is 9.84 Å². The number of ether oxygens (including phenoxy) is 1. The molecule has 1 aliphatic carbocycles. The predicted octanol–water partition coefficient (Wildman–Crippen LogP) is 8.49. The Balaban J connectivity index is 0.00000129. The third-order valence-electron chi connectivity index (χ3n) is 8.39. The average Bonchev–Trinajstić information content (AvgIpc) is 3.29. The van der Waals surface area contributed by atoms with E-state index in [9.17, 15) is 0 Å². The van der Waals surface area contributed by atoms with Crippen LogP contribution in [-0.2, 0) is 4.74 Å². The van der Waals surface area contributed by atoms with E-state index >= 15 is 0 Å². The van der Waals surface area contributed by atoms with Crippen LogP contribution in [0.4, 0.5) is 0 Å². The molecule has 0 amide bonds. The number of fused-ring (bicyclic) bond motifs is 1. The molecule has 3 rings (SSSR count). The van der Waals surface area contributed by atoms with Gasteiger partial charge in [-0.25, -0.2) is 0 Å². The first-order valence-corrected chi connectivity index (χ1v) is 14.9. The first kappa shape index (κ1) is 30.4. The second-order valence-corrected chi connectivity index (χ2v) is 12.7. The minimum Gasteiger partial charge on any atom is -0.400 e. The normalized spacial score (nSPS) is 37.1. The maximum absolute atomic E-state index is 7.00. The zero-order chi connectivity index (χ0) is 23.4. The van der Waals surface area contributed by atoms with E-state index in [2.05, 4.69) is 34.6 Å². The molecular formula is C27H57O2P. The van der Waals surface area contributed by atoms with E-state index in [-0.39, 0.29) is 13.5 Å². The van der Waals surface area contributed by atoms with Crippen LogP contribution in [0.3, 0.4) is 0 Å². The van der Waals surface area contributed by atoms with Gasteiger partial charge in [0.15, 0.2) is 0 Å². The average molecular weight is 445 g/mol. The lowest BCUT2D eigenvalue weighted by molar-refractivity contribution is -0.0382. The van der Waals surface area contributed by atoms with Crippen molar-refractivity contribution < 1.29 is 9.84 Å². The number of hydrogen-bond donors (Lipinski definition) is 1. The Kier molecular flexibility index (Phi) is 15.4. The Hall–Kier alpha value is 0.350. The van der Waals surface area contributed by atoms with Gasteiger partial charge in [-0.15, -0.1) is 0 Å². The molecule has 0 radical (unpaired) electrons. The molecule has 0 aromatic heterocycles. The second-order valence-electron chi connectivity index (χ2n) is 9.55. The van der Waals surface area contributed by atoms with Crippen LogP contribution in [0, 0.1) is 17.8 Å². The van der Waals surface area contributed by atoms with Crippen LogP contribution in [0.2, 0.25) is 0 Å². The lowest BCUT2D eigenvalue weighted by Gasteiger charge is -2.56. The SMILES string of the molecule is CC.CC.CC[C@@H](C)C(C)C1(CP2C(C)CCC3CCCC[C@@]32C)CCCO1.CO. The van der Waals surface area contributed by atoms with Gasteiger partial charge in [-0.2, -0.15) is 0 Å². The van der Waals surface area contributed by atoms with Crippen molar-refractivity contribution in [2.24, 2.45) is 17.8 Å². The number of aliphatic hydroxyl groups is 1. The van der Waals surface area contributed by atoms with Gasteiger partial charge in [-0.1, -0.05) is 89.5 Å². The predicted molar refractivity (Wildman–Crippen MR) is 138 cm³/mol. The van der Waals surface area contributed by atoms with E-state index in [0.717, 1.165) is 31.2 Å². The van der Waals surface area contributed by atoms with Gasteiger partial charge in [0, 0.05) is 13.7 Å². The summed E-state index contributed by atoms with van der Waals surface area (Å²) < 4.78 is 6.62. The summed E-state index contributed by atoms with van der Waals surface area (Å²) in [5, 5.41) is 7.65. The summed E-state index contributed by atoms with van der Waals surface area (Å²) in [5.41, 5.74) is 1.15. The maximum atomic E-state index is 7.00. The summed E-state index contributed by atoms with van der Waals surface area (Å²) in [6.07, 6.45) is 14.3. The summed E-state index contributed by atoms with van der Waals surface area (Å²) >= 11 is 0. The molecule has 30 heavy (non-hydrogen) atoms. The minimum absolute atomic E-state index is 0.0808. The molecule has 1 N–H and O–H groups in total. The Morgan fingerprint density at radius 2 is 1.60 bits per heavy atom. The van der Waals surface area contributed by atoms with Crippen molar-refractivity contribution >= 4 is 7.92 Å². The Morgan fingerprint density at radius 3 is 2.13 bits per heavy atom. The van der Waals surface area contributed by atoms with Crippen LogP contribution in [0.5, 0.6) is 0 Å². The number of hydrogen-bond acceptors (Lipinski definition) is 2. The van der Waals surface area contributed by atoms with Crippen molar-refractivity contribution in [3.63, 3.8) is 0 Å². The Labute approximate surface area is 192 Å². The van der Waals surface area contributed by atoms with Crippen LogP contribution in [0.25, 0.3) is 0 Å². The van der Waals surface area contributed by atoms with Gasteiger partial charge < -0.3 is 9.84 Å². The van der Waals surface area contributed by atoms with Crippen molar-refractivity contribution in [3.8, 4) is 0 Å². The van der Waals surface area contributed by atoms with Gasteiger partial charge in [-0.3, -0.25) is 0 Å². The molecule has 2 nitrogen and oxygen atoms in total. The van der Waals surface area contributed by atoms with Gasteiger partial charge in [-0.05, 0) is 73.3 Å². The highest BCUT2D eigenvalue weighted by Gasteiger charge is 2.52. The molecule has 5 unspecified atom stereocenters. The molecule has 0 aromatic rings. The summed E-state index contributed by atoms with van der Waals surface area (Å²) in [4.78, 5) is 0. The fourth-order valence-electron chi connectivity index (χ4n) is 6.17. The highest BCUT2D eigenvalue weighted by molar-refractivity contribution is 7.60. The van der Waals surface area contributed by atoms with Crippen LogP contribution in [0.15, 0.2) is 0 Å². The van der Waals surface area contributed by atoms with Crippen molar-refractivity contribution in [1.82, 2.24) is 0 Å². The van der Waals surface area contributed by atoms with Gasteiger partial charge >= 0.3 is 0 Å². The smallest absolute Gasteiger partial charge is 0.0750 e. The van der Waals surface area contributed by atoms with Gasteiger partial charge in [0.05, 0.1) is 5.60 Å². The molecule has 2 saturated heterocycles. The Morgan fingerprint density at radius 1 is 0.967 bits per heavy atom. The Bertz CT molecular complexity index is 421. The highest BCUT2D eigenvalue weighted by Crippen LogP contribution is 2.68. The second kappa shape index (κ2) is 15.2. The molecule has 2 aliphatic heterocycles. The summed E-state index contributed by atoms with van der Waals surface area (Å²) in [7, 11) is 1.08. The van der Waals surface area contributed by atoms with Crippen molar-refractivity contribution in [2.45, 2.75) is 137 Å². The molecule has 0 bridgehead atoms. The third-order valence-corrected chi connectivity index (χ3v) is 12.5. The van der Waals surface area contributed by atoms with E-state index in [1.54, 1.807) is 0 Å². The van der Waals surface area contributed by atoms with Crippen molar-refractivity contribution in [2.75, 3.05) is 19.9 Å². The fraction of sp³-hybridized carbons (Fsp3) is 1.00. The van der Waals surface area contributed by atoms with E-state index in [0.29, 0.717) is 11.1 Å². The molecule has 2 heterocycles. The van der Waals surface area contributed by atoms with Crippen molar-refractivity contribution in [1.29, 1.82) is 0 Å². The standard InChI is InChI=1S/C22H41OP.2C2H6.CH4O/c1-6-17(2)19(4)22(14-9-15-23-22)16-24-18(3)11-12-20-10-7-8-13-21(20,24)5;3*1-2/h17-20H,6-16H2,1-5H3;2*1-2H3;2H,1H3/t17-,18?,19?,20?,21+,22?,24?;;;/m1.../s1. The van der Waals surface area contributed by atoms with E-state index in [1.807, 2.05) is 27.7 Å². The monoisotopic (exact) mass is 444 g/mol. The quantitative estimate of drug-likeness (QED) is 0.431. The van der Waals surface area contributed by atoms with Crippen molar-refractivity contribution in [3.05, 3.63) is 0 Å². The fourth-order valence-corrected chi connectivity index (χ4v) is 10.6.